The summed E-state index contributed by atoms with van der Waals surface area (Å²) in [5, 5.41) is 8.63. The Balaban J connectivity index is 3.10. The van der Waals surface area contributed by atoms with Crippen molar-refractivity contribution in [1.82, 2.24) is 4.98 Å². The van der Waals surface area contributed by atoms with Crippen LogP contribution in [0.2, 0.25) is 0 Å². The summed E-state index contributed by atoms with van der Waals surface area (Å²) in [6.07, 6.45) is 0. The molecule has 1 aromatic heterocycles. The standard InChI is InChI=1S/C10H7NO2/c12-10(13)9-6-5-7-3-1-2-4-8(7)11-9/h1-6H,(H,12,13)/i1D,2D,3D,4D,5D,6D. The zero-order valence-corrected chi connectivity index (χ0v) is 6.30. The number of carbonyl (C=O) groups is 1. The van der Waals surface area contributed by atoms with Gasteiger partial charge in [0.05, 0.1) is 13.7 Å². The van der Waals surface area contributed by atoms with Crippen molar-refractivity contribution in [3.05, 3.63) is 41.9 Å². The Kier molecular flexibility index (Phi) is 0.760. The van der Waals surface area contributed by atoms with Gasteiger partial charge < -0.3 is 5.11 Å². The van der Waals surface area contributed by atoms with Crippen molar-refractivity contribution < 1.29 is 18.1 Å². The summed E-state index contributed by atoms with van der Waals surface area (Å²) in [7, 11) is 0. The molecule has 0 aliphatic heterocycles. The largest absolute Gasteiger partial charge is 0.477 e. The highest BCUT2D eigenvalue weighted by molar-refractivity contribution is 5.89. The average molecular weight is 179 g/mol. The quantitative estimate of drug-likeness (QED) is 0.727. The fourth-order valence-electron chi connectivity index (χ4n) is 0.843. The van der Waals surface area contributed by atoms with Crippen LogP contribution < -0.4 is 0 Å². The second-order valence-electron chi connectivity index (χ2n) is 2.24. The van der Waals surface area contributed by atoms with Gasteiger partial charge in [0.15, 0.2) is 0 Å². The van der Waals surface area contributed by atoms with Crippen molar-refractivity contribution >= 4 is 16.9 Å². The third-order valence-electron chi connectivity index (χ3n) is 1.40. The maximum Gasteiger partial charge on any atom is 0.354 e. The minimum absolute atomic E-state index is 0.249. The third kappa shape index (κ3) is 1.36. The second kappa shape index (κ2) is 2.86. The molecule has 1 heterocycles. The van der Waals surface area contributed by atoms with Gasteiger partial charge in [-0.1, -0.05) is 24.2 Å². The van der Waals surface area contributed by atoms with Crippen LogP contribution in [0, 0.1) is 0 Å². The minimum Gasteiger partial charge on any atom is -0.477 e. The summed E-state index contributed by atoms with van der Waals surface area (Å²) in [5.41, 5.74) is -1.02. The topological polar surface area (TPSA) is 50.2 Å². The summed E-state index contributed by atoms with van der Waals surface area (Å²) in [6, 6.07) is -3.38. The van der Waals surface area contributed by atoms with Crippen LogP contribution in [0.4, 0.5) is 0 Å². The van der Waals surface area contributed by atoms with E-state index in [1.165, 1.54) is 0 Å². The molecule has 0 atom stereocenters. The molecule has 0 spiro atoms. The lowest BCUT2D eigenvalue weighted by Gasteiger charge is -1.97. The summed E-state index contributed by atoms with van der Waals surface area (Å²) in [5.74, 6) is -1.52. The molecular formula is C10H7NO2. The monoisotopic (exact) mass is 179 g/mol. The molecule has 1 aromatic carbocycles. The molecule has 2 rings (SSSR count). The van der Waals surface area contributed by atoms with Crippen molar-refractivity contribution in [2.45, 2.75) is 0 Å². The predicted molar refractivity (Wildman–Crippen MR) is 48.7 cm³/mol. The Morgan fingerprint density at radius 3 is 2.85 bits per heavy atom. The number of hydrogen-bond donors (Lipinski definition) is 1. The molecule has 3 heteroatoms. The molecule has 0 amide bonds. The highest BCUT2D eigenvalue weighted by Crippen LogP contribution is 2.11. The molecule has 13 heavy (non-hydrogen) atoms. The summed E-state index contributed by atoms with van der Waals surface area (Å²) in [6.45, 7) is 0. The van der Waals surface area contributed by atoms with Crippen LogP contribution in [0.1, 0.15) is 18.7 Å². The zero-order valence-electron chi connectivity index (χ0n) is 12.3. The molecule has 64 valence electrons. The van der Waals surface area contributed by atoms with Gasteiger partial charge in [0.1, 0.15) is 5.69 Å². The number of hydrogen-bond acceptors (Lipinski definition) is 2. The van der Waals surface area contributed by atoms with E-state index >= 15 is 0 Å². The Morgan fingerprint density at radius 1 is 1.31 bits per heavy atom. The first-order chi connectivity index (χ1) is 8.77. The number of carboxylic acids is 1. The van der Waals surface area contributed by atoms with Crippen LogP contribution >= 0.6 is 0 Å². The van der Waals surface area contributed by atoms with Crippen molar-refractivity contribution in [3.8, 4) is 0 Å². The van der Waals surface area contributed by atoms with Gasteiger partial charge in [0, 0.05) is 5.39 Å². The summed E-state index contributed by atoms with van der Waals surface area (Å²) < 4.78 is 45.5. The van der Waals surface area contributed by atoms with E-state index in [0.29, 0.717) is 0 Å². The smallest absolute Gasteiger partial charge is 0.354 e. The van der Waals surface area contributed by atoms with Crippen LogP contribution in [0.15, 0.2) is 36.3 Å². The second-order valence-corrected chi connectivity index (χ2v) is 2.24. The zero-order chi connectivity index (χ0) is 14.5. The van der Waals surface area contributed by atoms with E-state index < -0.39 is 47.9 Å². The fourth-order valence-corrected chi connectivity index (χ4v) is 0.843. The predicted octanol–water partition coefficient (Wildman–Crippen LogP) is 1.93. The van der Waals surface area contributed by atoms with Gasteiger partial charge in [-0.05, 0) is 12.1 Å². The lowest BCUT2D eigenvalue weighted by molar-refractivity contribution is 0.0691. The molecule has 0 aliphatic carbocycles. The van der Waals surface area contributed by atoms with Crippen LogP contribution in [0.5, 0.6) is 0 Å². The van der Waals surface area contributed by atoms with E-state index in [1.807, 2.05) is 0 Å². The fraction of sp³-hybridized carbons (Fsp3) is 0. The van der Waals surface area contributed by atoms with Crippen molar-refractivity contribution in [1.29, 1.82) is 0 Å². The molecule has 0 aliphatic rings. The number of carboxylic acid groups (broad SMARTS) is 1. The first-order valence-electron chi connectivity index (χ1n) is 6.37. The van der Waals surface area contributed by atoms with Crippen molar-refractivity contribution in [2.75, 3.05) is 0 Å². The Bertz CT molecular complexity index is 730. The number of pyridine rings is 1. The molecule has 1 N–H and O–H groups in total. The van der Waals surface area contributed by atoms with Crippen LogP contribution in [-0.4, -0.2) is 16.1 Å². The maximum atomic E-state index is 10.9. The lowest BCUT2D eigenvalue weighted by Crippen LogP contribution is -1.99. The third-order valence-corrected chi connectivity index (χ3v) is 1.40. The minimum atomic E-state index is -1.52. The first kappa shape index (κ1) is 3.46. The van der Waals surface area contributed by atoms with E-state index in [2.05, 4.69) is 4.98 Å². The Labute approximate surface area is 83.1 Å². The molecule has 2 aromatic rings. The van der Waals surface area contributed by atoms with Gasteiger partial charge in [0.25, 0.3) is 0 Å². The number of benzene rings is 1. The highest BCUT2D eigenvalue weighted by atomic mass is 16.4. The molecule has 0 saturated carbocycles. The van der Waals surface area contributed by atoms with E-state index in [4.69, 9.17) is 13.3 Å². The molecular weight excluding hydrogens is 166 g/mol. The number of fused-ring (bicyclic) bond motifs is 1. The van der Waals surface area contributed by atoms with E-state index in [-0.39, 0.29) is 10.9 Å². The Hall–Kier alpha value is -1.90. The van der Waals surface area contributed by atoms with Gasteiger partial charge in [-0.15, -0.1) is 0 Å². The average Bonchev–Trinajstić information content (AvgIpc) is 2.36. The molecule has 0 radical (unpaired) electrons. The van der Waals surface area contributed by atoms with Gasteiger partial charge in [-0.2, -0.15) is 0 Å². The van der Waals surface area contributed by atoms with Gasteiger partial charge >= 0.3 is 5.97 Å². The highest BCUT2D eigenvalue weighted by Gasteiger charge is 2.03. The van der Waals surface area contributed by atoms with E-state index in [1.54, 1.807) is 0 Å². The molecule has 0 fully saturated rings. The first-order valence-corrected chi connectivity index (χ1v) is 3.37. The van der Waals surface area contributed by atoms with Gasteiger partial charge in [-0.25, -0.2) is 9.78 Å². The SMILES string of the molecule is [2H]c1c([2H])c([2H])c2c([2H])c([2H])c(C(=O)O)nc2c1[2H]. The number of aromatic carboxylic acids is 1. The van der Waals surface area contributed by atoms with Crippen LogP contribution in [0.25, 0.3) is 10.9 Å². The normalized spacial score (nSPS) is 16.6. The summed E-state index contributed by atoms with van der Waals surface area (Å²) in [4.78, 5) is 14.5. The van der Waals surface area contributed by atoms with Gasteiger partial charge in [-0.3, -0.25) is 0 Å². The van der Waals surface area contributed by atoms with E-state index in [9.17, 15) is 4.79 Å². The number of nitrogens with zero attached hydrogens (tertiary/aromatic N) is 1. The molecule has 0 saturated heterocycles. The number of para-hydroxylation sites is 1. The van der Waals surface area contributed by atoms with Crippen molar-refractivity contribution in [3.63, 3.8) is 0 Å². The van der Waals surface area contributed by atoms with E-state index in [0.717, 1.165) is 0 Å². The lowest BCUT2D eigenvalue weighted by atomic mass is 10.2. The molecule has 3 nitrogen and oxygen atoms in total. The molecule has 0 unspecified atom stereocenters. The Morgan fingerprint density at radius 2 is 2.08 bits per heavy atom. The number of rotatable bonds is 1. The summed E-state index contributed by atoms with van der Waals surface area (Å²) >= 11 is 0. The number of aromatic nitrogens is 1. The maximum absolute atomic E-state index is 10.9. The van der Waals surface area contributed by atoms with Gasteiger partial charge in [0.2, 0.25) is 0 Å². The van der Waals surface area contributed by atoms with Crippen LogP contribution in [0.3, 0.4) is 0 Å². The van der Waals surface area contributed by atoms with Crippen LogP contribution in [-0.2, 0) is 0 Å². The molecule has 0 bridgehead atoms. The van der Waals surface area contributed by atoms with Crippen molar-refractivity contribution in [2.24, 2.45) is 0 Å².